The number of ether oxygens (including phenoxy) is 2. The summed E-state index contributed by atoms with van der Waals surface area (Å²) < 4.78 is 24.5. The molecule has 2 aromatic rings. The molecule has 0 aromatic heterocycles. The van der Waals surface area contributed by atoms with Crippen molar-refractivity contribution in [2.45, 2.75) is 18.4 Å². The van der Waals surface area contributed by atoms with E-state index < -0.39 is 36.9 Å². The molecule has 0 spiro atoms. The van der Waals surface area contributed by atoms with Crippen molar-refractivity contribution < 1.29 is 33.4 Å². The Bertz CT molecular complexity index is 784. The van der Waals surface area contributed by atoms with Gasteiger partial charge in [0.05, 0.1) is 17.3 Å². The van der Waals surface area contributed by atoms with E-state index in [1.54, 1.807) is 36.4 Å². The van der Waals surface area contributed by atoms with E-state index in [9.17, 15) is 19.1 Å². The first-order chi connectivity index (χ1) is 13.5. The number of oxime groups is 1. The number of alkyl halides is 1. The van der Waals surface area contributed by atoms with Crippen LogP contribution in [0.5, 0.6) is 0 Å². The summed E-state index contributed by atoms with van der Waals surface area (Å²) >= 11 is 0. The molecule has 0 heterocycles. The fraction of sp³-hybridized carbons (Fsp3) is 0.250. The number of aliphatic hydroxyl groups excluding tert-OH is 1. The third-order valence-corrected chi connectivity index (χ3v) is 3.65. The Labute approximate surface area is 161 Å². The number of halogens is 1. The van der Waals surface area contributed by atoms with Crippen molar-refractivity contribution in [1.82, 2.24) is 0 Å². The molecule has 0 aliphatic carbocycles. The summed E-state index contributed by atoms with van der Waals surface area (Å²) in [4.78, 5) is 28.6. The van der Waals surface area contributed by atoms with E-state index in [0.717, 1.165) is 6.21 Å². The predicted molar refractivity (Wildman–Crippen MR) is 98.8 cm³/mol. The molecule has 0 fully saturated rings. The van der Waals surface area contributed by atoms with Gasteiger partial charge < -0.3 is 19.4 Å². The first-order valence-electron chi connectivity index (χ1n) is 8.40. The highest BCUT2D eigenvalue weighted by Crippen LogP contribution is 2.13. The van der Waals surface area contributed by atoms with Gasteiger partial charge in [0, 0.05) is 0 Å². The second kappa shape index (κ2) is 10.8. The molecule has 7 nitrogen and oxygen atoms in total. The molecule has 0 saturated heterocycles. The van der Waals surface area contributed by atoms with E-state index in [4.69, 9.17) is 9.47 Å². The molecule has 0 amide bonds. The van der Waals surface area contributed by atoms with E-state index in [1.165, 1.54) is 31.4 Å². The van der Waals surface area contributed by atoms with Crippen LogP contribution in [-0.4, -0.2) is 55.4 Å². The van der Waals surface area contributed by atoms with Crippen molar-refractivity contribution in [3.8, 4) is 0 Å². The minimum Gasteiger partial charge on any atom is -0.459 e. The zero-order valence-electron chi connectivity index (χ0n) is 15.1. The number of hydrogen-bond donors (Lipinski definition) is 1. The van der Waals surface area contributed by atoms with Crippen LogP contribution in [0.15, 0.2) is 65.8 Å². The largest absolute Gasteiger partial charge is 0.459 e. The maximum Gasteiger partial charge on any atom is 0.338 e. The van der Waals surface area contributed by atoms with Crippen molar-refractivity contribution in [2.75, 3.05) is 13.7 Å². The number of carbonyl (C=O) groups is 2. The molecule has 1 N–H and O–H groups in total. The Hall–Kier alpha value is -3.26. The van der Waals surface area contributed by atoms with Gasteiger partial charge in [-0.2, -0.15) is 0 Å². The van der Waals surface area contributed by atoms with Gasteiger partial charge in [-0.1, -0.05) is 41.6 Å². The molecule has 3 atom stereocenters. The Morgan fingerprint density at radius 2 is 1.57 bits per heavy atom. The Morgan fingerprint density at radius 3 is 2.11 bits per heavy atom. The topological polar surface area (TPSA) is 94.4 Å². The molecule has 0 unspecified atom stereocenters. The van der Waals surface area contributed by atoms with Crippen LogP contribution in [0.25, 0.3) is 0 Å². The summed E-state index contributed by atoms with van der Waals surface area (Å²) in [6, 6.07) is 16.0. The van der Waals surface area contributed by atoms with Crippen LogP contribution < -0.4 is 0 Å². The predicted octanol–water partition coefficient (Wildman–Crippen LogP) is 2.40. The number of carbonyl (C=O) groups excluding carboxylic acids is 2. The average molecular weight is 389 g/mol. The number of esters is 2. The van der Waals surface area contributed by atoms with Crippen LogP contribution in [0.3, 0.4) is 0 Å². The van der Waals surface area contributed by atoms with E-state index in [-0.39, 0.29) is 11.1 Å². The van der Waals surface area contributed by atoms with E-state index in [2.05, 4.69) is 9.99 Å². The van der Waals surface area contributed by atoms with Gasteiger partial charge in [-0.15, -0.1) is 0 Å². The third-order valence-electron chi connectivity index (χ3n) is 3.65. The van der Waals surface area contributed by atoms with Gasteiger partial charge in [-0.3, -0.25) is 0 Å². The van der Waals surface area contributed by atoms with Crippen molar-refractivity contribution in [1.29, 1.82) is 0 Å². The van der Waals surface area contributed by atoms with E-state index >= 15 is 0 Å². The SMILES string of the molecule is CO/N=C/[C@@H](F)[C@H](OC(=O)c1ccccc1)[C@H](O)COC(=O)c1ccccc1. The van der Waals surface area contributed by atoms with Crippen LogP contribution in [-0.2, 0) is 14.3 Å². The van der Waals surface area contributed by atoms with Crippen LogP contribution in [0.4, 0.5) is 4.39 Å². The van der Waals surface area contributed by atoms with Crippen LogP contribution in [0.2, 0.25) is 0 Å². The fourth-order valence-corrected chi connectivity index (χ4v) is 2.24. The number of benzene rings is 2. The molecule has 2 rings (SSSR count). The second-order valence-corrected chi connectivity index (χ2v) is 5.65. The standard InChI is InChI=1S/C20H20FNO6/c1-26-22-12-16(21)18(28-20(25)15-10-6-3-7-11-15)17(23)13-27-19(24)14-8-4-2-5-9-14/h2-12,16-18,23H,13H2,1H3/b22-12+/t16-,17-,18+/m1/s1. The number of hydrogen-bond acceptors (Lipinski definition) is 7. The zero-order valence-corrected chi connectivity index (χ0v) is 15.1. The summed E-state index contributed by atoms with van der Waals surface area (Å²) in [5.41, 5.74) is 0.446. The lowest BCUT2D eigenvalue weighted by Crippen LogP contribution is -2.43. The smallest absolute Gasteiger partial charge is 0.338 e. The Kier molecular flexibility index (Phi) is 8.11. The molecule has 8 heteroatoms. The van der Waals surface area contributed by atoms with Gasteiger partial charge in [0.2, 0.25) is 0 Å². The zero-order chi connectivity index (χ0) is 20.4. The minimum absolute atomic E-state index is 0.178. The third kappa shape index (κ3) is 6.17. The molecule has 0 aliphatic heterocycles. The number of aliphatic hydroxyl groups is 1. The second-order valence-electron chi connectivity index (χ2n) is 5.65. The lowest BCUT2D eigenvalue weighted by molar-refractivity contribution is -0.0594. The molecule has 0 saturated carbocycles. The van der Waals surface area contributed by atoms with Crippen molar-refractivity contribution >= 4 is 18.2 Å². The summed E-state index contributed by atoms with van der Waals surface area (Å²) in [6.07, 6.45) is -4.53. The van der Waals surface area contributed by atoms with E-state index in [0.29, 0.717) is 0 Å². The van der Waals surface area contributed by atoms with Gasteiger partial charge in [-0.25, -0.2) is 14.0 Å². The van der Waals surface area contributed by atoms with Gasteiger partial charge in [-0.05, 0) is 24.3 Å². The average Bonchev–Trinajstić information content (AvgIpc) is 2.74. The van der Waals surface area contributed by atoms with Crippen LogP contribution in [0.1, 0.15) is 20.7 Å². The first-order valence-corrected chi connectivity index (χ1v) is 8.40. The lowest BCUT2D eigenvalue weighted by atomic mass is 10.1. The monoisotopic (exact) mass is 389 g/mol. The quantitative estimate of drug-likeness (QED) is 0.402. The highest BCUT2D eigenvalue weighted by molar-refractivity contribution is 5.90. The molecule has 148 valence electrons. The minimum atomic E-state index is -1.99. The Morgan fingerprint density at radius 1 is 1.04 bits per heavy atom. The lowest BCUT2D eigenvalue weighted by Gasteiger charge is -2.24. The van der Waals surface area contributed by atoms with Crippen LogP contribution >= 0.6 is 0 Å². The summed E-state index contributed by atoms with van der Waals surface area (Å²) in [7, 11) is 1.21. The highest BCUT2D eigenvalue weighted by Gasteiger charge is 2.33. The van der Waals surface area contributed by atoms with Crippen molar-refractivity contribution in [3.63, 3.8) is 0 Å². The summed E-state index contributed by atoms with van der Waals surface area (Å²) in [6.45, 7) is -0.582. The molecule has 28 heavy (non-hydrogen) atoms. The summed E-state index contributed by atoms with van der Waals surface area (Å²) in [5, 5.41) is 13.6. The maximum absolute atomic E-state index is 14.4. The van der Waals surface area contributed by atoms with Gasteiger partial charge in [0.25, 0.3) is 0 Å². The maximum atomic E-state index is 14.4. The highest BCUT2D eigenvalue weighted by atomic mass is 19.1. The molecule has 2 aromatic carbocycles. The fourth-order valence-electron chi connectivity index (χ4n) is 2.24. The van der Waals surface area contributed by atoms with Gasteiger partial charge >= 0.3 is 11.9 Å². The molecule has 0 bridgehead atoms. The Balaban J connectivity index is 2.05. The molecule has 0 aliphatic rings. The van der Waals surface area contributed by atoms with Crippen LogP contribution in [0, 0.1) is 0 Å². The first kappa shape index (κ1) is 21.0. The van der Waals surface area contributed by atoms with Crippen molar-refractivity contribution in [3.05, 3.63) is 71.8 Å². The van der Waals surface area contributed by atoms with E-state index in [1.807, 2.05) is 0 Å². The molecular formula is C20H20FNO6. The number of rotatable bonds is 9. The molecule has 0 radical (unpaired) electrons. The number of nitrogens with zero attached hydrogens (tertiary/aromatic N) is 1. The molecular weight excluding hydrogens is 369 g/mol. The van der Waals surface area contributed by atoms with Gasteiger partial charge in [0.15, 0.2) is 12.3 Å². The van der Waals surface area contributed by atoms with Crippen molar-refractivity contribution in [2.24, 2.45) is 5.16 Å². The van der Waals surface area contributed by atoms with Gasteiger partial charge in [0.1, 0.15) is 19.8 Å². The summed E-state index contributed by atoms with van der Waals surface area (Å²) in [5.74, 6) is -1.54. The normalized spacial score (nSPS) is 14.1.